The average Bonchev–Trinajstić information content (AvgIpc) is 3.46. The van der Waals surface area contributed by atoms with Crippen LogP contribution in [0.4, 0.5) is 21.6 Å². The Morgan fingerprint density at radius 2 is 2.00 bits per heavy atom. The van der Waals surface area contributed by atoms with Crippen LogP contribution in [0.3, 0.4) is 0 Å². The van der Waals surface area contributed by atoms with Gasteiger partial charge >= 0.3 is 0 Å². The fourth-order valence-corrected chi connectivity index (χ4v) is 4.87. The molecule has 2 aromatic carbocycles. The maximum absolute atomic E-state index is 14.8. The maximum atomic E-state index is 14.8. The van der Waals surface area contributed by atoms with E-state index in [1.807, 2.05) is 24.3 Å². The number of nitrogens with one attached hydrogen (secondary N) is 3. The van der Waals surface area contributed by atoms with Crippen LogP contribution in [0.1, 0.15) is 20.9 Å². The van der Waals surface area contributed by atoms with Crippen molar-refractivity contribution in [2.75, 3.05) is 10.6 Å². The van der Waals surface area contributed by atoms with Gasteiger partial charge in [0.2, 0.25) is 0 Å². The fourth-order valence-electron chi connectivity index (χ4n) is 3.91. The summed E-state index contributed by atoms with van der Waals surface area (Å²) in [6.45, 7) is 1.99. The number of carbonyl (C=O) groups is 1. The topological polar surface area (TPSA) is 131 Å². The second kappa shape index (κ2) is 9.36. The first-order chi connectivity index (χ1) is 17.3. The fraction of sp³-hybridized carbons (Fsp3) is 0.120. The number of halogens is 1. The molecule has 3 aromatic heterocycles. The highest BCUT2D eigenvalue weighted by Crippen LogP contribution is 2.32. The lowest BCUT2D eigenvalue weighted by Crippen LogP contribution is -2.15. The molecule has 0 spiro atoms. The van der Waals surface area contributed by atoms with Crippen molar-refractivity contribution in [3.05, 3.63) is 86.9 Å². The minimum Gasteiger partial charge on any atom is -0.334 e. The number of rotatable bonds is 6. The number of benzene rings is 2. The van der Waals surface area contributed by atoms with Crippen molar-refractivity contribution < 1.29 is 9.18 Å². The molecule has 0 aliphatic heterocycles. The van der Waals surface area contributed by atoms with Gasteiger partial charge in [0.05, 0.1) is 22.0 Å². The minimum absolute atomic E-state index is 0.0507. The lowest BCUT2D eigenvalue weighted by molar-refractivity contribution is 0.103. The molecule has 11 heteroatoms. The molecule has 0 bridgehead atoms. The summed E-state index contributed by atoms with van der Waals surface area (Å²) in [5, 5.41) is 17.5. The van der Waals surface area contributed by atoms with E-state index in [2.05, 4.69) is 25.9 Å². The molecule has 1 amide bonds. The Hall–Kier alpha value is -4.35. The van der Waals surface area contributed by atoms with Crippen molar-refractivity contribution >= 4 is 44.5 Å². The third kappa shape index (κ3) is 4.37. The summed E-state index contributed by atoms with van der Waals surface area (Å²) in [7, 11) is 1.76. The van der Waals surface area contributed by atoms with Crippen LogP contribution in [0.25, 0.3) is 21.3 Å². The van der Waals surface area contributed by atoms with E-state index in [0.29, 0.717) is 34.1 Å². The van der Waals surface area contributed by atoms with E-state index in [-0.39, 0.29) is 11.4 Å². The molecule has 0 aliphatic rings. The van der Waals surface area contributed by atoms with Gasteiger partial charge in [-0.1, -0.05) is 18.2 Å². The third-order valence-electron chi connectivity index (χ3n) is 5.83. The van der Waals surface area contributed by atoms with Crippen LogP contribution < -0.4 is 21.9 Å². The second-order valence-corrected chi connectivity index (χ2v) is 9.25. The molecule has 3 heterocycles. The predicted octanol–water partition coefficient (Wildman–Crippen LogP) is 4.29. The minimum atomic E-state index is -0.573. The van der Waals surface area contributed by atoms with Gasteiger partial charge < -0.3 is 16.4 Å². The Bertz CT molecular complexity index is 1640. The van der Waals surface area contributed by atoms with Crippen LogP contribution in [0, 0.1) is 12.7 Å². The summed E-state index contributed by atoms with van der Waals surface area (Å²) >= 11 is 1.34. The molecule has 0 fully saturated rings. The number of H-pyrrole nitrogens is 1. The first-order valence-corrected chi connectivity index (χ1v) is 11.8. The molecule has 5 aromatic rings. The number of carbonyl (C=O) groups excluding carboxylic acids is 1. The number of nitrogens with zero attached hydrogens (tertiary/aromatic N) is 3. The average molecular weight is 504 g/mol. The first-order valence-electron chi connectivity index (χ1n) is 11.0. The van der Waals surface area contributed by atoms with Crippen LogP contribution in [0.2, 0.25) is 0 Å². The van der Waals surface area contributed by atoms with Crippen LogP contribution >= 0.6 is 11.3 Å². The number of aromatic nitrogens is 4. The van der Waals surface area contributed by atoms with Gasteiger partial charge in [0.1, 0.15) is 11.5 Å². The third-order valence-corrected chi connectivity index (χ3v) is 6.95. The molecule has 0 saturated carbocycles. The van der Waals surface area contributed by atoms with E-state index in [4.69, 9.17) is 5.73 Å². The molecule has 0 aliphatic carbocycles. The number of nitrogens with two attached hydrogens (primary N) is 1. The Morgan fingerprint density at radius 1 is 1.19 bits per heavy atom. The lowest BCUT2D eigenvalue weighted by Gasteiger charge is -2.13. The number of hydrogen-bond donors (Lipinski definition) is 4. The Kier molecular flexibility index (Phi) is 6.08. The van der Waals surface area contributed by atoms with E-state index in [1.165, 1.54) is 17.4 Å². The van der Waals surface area contributed by atoms with Gasteiger partial charge in [0, 0.05) is 29.9 Å². The number of fused-ring (bicyclic) bond motifs is 1. The highest BCUT2D eigenvalue weighted by molar-refractivity contribution is 7.20. The predicted molar refractivity (Wildman–Crippen MR) is 139 cm³/mol. The Labute approximate surface area is 208 Å². The van der Waals surface area contributed by atoms with Crippen molar-refractivity contribution in [3.63, 3.8) is 0 Å². The monoisotopic (exact) mass is 503 g/mol. The van der Waals surface area contributed by atoms with Crippen LogP contribution in [-0.2, 0) is 13.6 Å². The second-order valence-electron chi connectivity index (χ2n) is 8.17. The number of aryl methyl sites for hydroxylation is 1. The first kappa shape index (κ1) is 23.4. The molecule has 0 unspecified atom stereocenters. The molecule has 182 valence electrons. The van der Waals surface area contributed by atoms with E-state index in [9.17, 15) is 14.0 Å². The maximum Gasteiger partial charge on any atom is 0.287 e. The Morgan fingerprint density at radius 3 is 2.75 bits per heavy atom. The largest absolute Gasteiger partial charge is 0.334 e. The molecule has 0 atom stereocenters. The molecule has 9 nitrogen and oxygen atoms in total. The summed E-state index contributed by atoms with van der Waals surface area (Å²) in [5.74, 6) is -0.526. The van der Waals surface area contributed by atoms with Gasteiger partial charge in [-0.3, -0.25) is 14.3 Å². The van der Waals surface area contributed by atoms with Crippen LogP contribution in [0.5, 0.6) is 0 Å². The van der Waals surface area contributed by atoms with E-state index >= 15 is 0 Å². The molecule has 0 radical (unpaired) electrons. The lowest BCUT2D eigenvalue weighted by atomic mass is 10.0. The number of aromatic amines is 1. The van der Waals surface area contributed by atoms with Gasteiger partial charge in [-0.05, 0) is 48.2 Å². The van der Waals surface area contributed by atoms with Crippen molar-refractivity contribution in [1.82, 2.24) is 20.0 Å². The number of anilines is 3. The normalized spacial score (nSPS) is 11.1. The van der Waals surface area contributed by atoms with E-state index in [0.717, 1.165) is 15.8 Å². The summed E-state index contributed by atoms with van der Waals surface area (Å²) in [4.78, 5) is 25.8. The molecule has 5 N–H and O–H groups in total. The van der Waals surface area contributed by atoms with E-state index in [1.54, 1.807) is 42.9 Å². The van der Waals surface area contributed by atoms with Crippen LogP contribution in [-0.4, -0.2) is 25.9 Å². The zero-order valence-electron chi connectivity index (χ0n) is 19.4. The zero-order chi connectivity index (χ0) is 25.4. The number of amides is 1. The molecule has 36 heavy (non-hydrogen) atoms. The summed E-state index contributed by atoms with van der Waals surface area (Å²) < 4.78 is 17.4. The molecule has 5 rings (SSSR count). The van der Waals surface area contributed by atoms with E-state index < -0.39 is 17.3 Å². The standard InChI is InChI=1S/C25H22FN7O2S/c1-13-16(18-11-19(24(34)31-30-18)28-22-10-15(12-27)33(2)32-22)7-8-17(26)23(13)29-25(35)21-9-14-5-3-4-6-20(14)36-21/h3-11H,12,27H2,1-2H3,(H,29,35)(H,31,34)(H,28,30,32). The van der Waals surface area contributed by atoms with Crippen molar-refractivity contribution in [2.24, 2.45) is 12.8 Å². The molecule has 0 saturated heterocycles. The summed E-state index contributed by atoms with van der Waals surface area (Å²) in [5.41, 5.74) is 7.70. The summed E-state index contributed by atoms with van der Waals surface area (Å²) in [6.07, 6.45) is 0. The highest BCUT2D eigenvalue weighted by Gasteiger charge is 2.18. The Balaban J connectivity index is 1.46. The smallest absolute Gasteiger partial charge is 0.287 e. The highest BCUT2D eigenvalue weighted by atomic mass is 32.1. The molecular formula is C25H22FN7O2S. The van der Waals surface area contributed by atoms with Gasteiger partial charge in [-0.25, -0.2) is 9.49 Å². The van der Waals surface area contributed by atoms with Crippen LogP contribution in [0.15, 0.2) is 59.4 Å². The SMILES string of the molecule is Cc1c(-c2cc(Nc3cc(CN)n(C)n3)c(=O)[nH]n2)ccc(F)c1NC(=O)c1cc2ccccc2s1. The molecular weight excluding hydrogens is 481 g/mol. The number of thiophene rings is 1. The van der Waals surface area contributed by atoms with Gasteiger partial charge in [0.25, 0.3) is 11.5 Å². The summed E-state index contributed by atoms with van der Waals surface area (Å²) in [6, 6.07) is 15.5. The number of hydrogen-bond acceptors (Lipinski definition) is 7. The van der Waals surface area contributed by atoms with Crippen molar-refractivity contribution in [3.8, 4) is 11.3 Å². The quantitative estimate of drug-likeness (QED) is 0.274. The van der Waals surface area contributed by atoms with Gasteiger partial charge in [-0.15, -0.1) is 11.3 Å². The van der Waals surface area contributed by atoms with Crippen molar-refractivity contribution in [1.29, 1.82) is 0 Å². The van der Waals surface area contributed by atoms with Gasteiger partial charge in [-0.2, -0.15) is 10.2 Å². The van der Waals surface area contributed by atoms with Gasteiger partial charge in [0.15, 0.2) is 5.82 Å². The van der Waals surface area contributed by atoms with Crippen molar-refractivity contribution in [2.45, 2.75) is 13.5 Å². The zero-order valence-corrected chi connectivity index (χ0v) is 20.2.